The molecule has 2 N–H and O–H groups in total. The van der Waals surface area contributed by atoms with Crippen LogP contribution in [0.3, 0.4) is 0 Å². The number of hydrogen-bond donors (Lipinski definition) is 1. The molecule has 0 bridgehead atoms. The van der Waals surface area contributed by atoms with Crippen molar-refractivity contribution in [3.05, 3.63) is 28.7 Å². The predicted octanol–water partition coefficient (Wildman–Crippen LogP) is 1.09. The maximum absolute atomic E-state index is 12.4. The zero-order valence-electron chi connectivity index (χ0n) is 9.54. The number of amides is 1. The van der Waals surface area contributed by atoms with E-state index in [2.05, 4.69) is 15.9 Å². The summed E-state index contributed by atoms with van der Waals surface area (Å²) in [5, 5.41) is 0. The third-order valence-corrected chi connectivity index (χ3v) is 5.13. The molecule has 0 heterocycles. The molecule has 0 atom stereocenters. The Morgan fingerprint density at radius 3 is 2.33 bits per heavy atom. The molecule has 1 aliphatic carbocycles. The summed E-state index contributed by atoms with van der Waals surface area (Å²) in [6, 6.07) is 6.24. The van der Waals surface area contributed by atoms with Crippen LogP contribution < -0.4 is 5.73 Å². The van der Waals surface area contributed by atoms with Crippen molar-refractivity contribution in [2.45, 2.75) is 23.8 Å². The molecule has 0 aromatic heterocycles. The van der Waals surface area contributed by atoms with Crippen molar-refractivity contribution in [2.24, 2.45) is 5.73 Å². The van der Waals surface area contributed by atoms with Crippen molar-refractivity contribution < 1.29 is 13.2 Å². The Hall–Kier alpha value is -0.920. The predicted molar refractivity (Wildman–Crippen MR) is 70.3 cm³/mol. The fourth-order valence-electron chi connectivity index (χ4n) is 1.67. The van der Waals surface area contributed by atoms with Crippen LogP contribution in [0.25, 0.3) is 0 Å². The summed E-state index contributed by atoms with van der Waals surface area (Å²) in [6.07, 6.45) is 1.56. The Morgan fingerprint density at radius 2 is 1.89 bits per heavy atom. The van der Waals surface area contributed by atoms with Gasteiger partial charge in [0, 0.05) is 10.5 Å². The first-order valence-electron chi connectivity index (χ1n) is 5.47. The van der Waals surface area contributed by atoms with Gasteiger partial charge < -0.3 is 5.73 Å². The van der Waals surface area contributed by atoms with E-state index < -0.39 is 15.9 Å². The molecular weight excluding hydrogens is 320 g/mol. The molecule has 0 unspecified atom stereocenters. The van der Waals surface area contributed by atoms with Gasteiger partial charge in [0.1, 0.15) is 0 Å². The van der Waals surface area contributed by atoms with E-state index >= 15 is 0 Å². The third-order valence-electron chi connectivity index (χ3n) is 2.69. The number of primary amides is 1. The quantitative estimate of drug-likeness (QED) is 0.876. The number of rotatable bonds is 5. The van der Waals surface area contributed by atoms with Gasteiger partial charge in [0.15, 0.2) is 0 Å². The van der Waals surface area contributed by atoms with Crippen LogP contribution in [0.15, 0.2) is 33.6 Å². The van der Waals surface area contributed by atoms with Gasteiger partial charge in [-0.25, -0.2) is 8.42 Å². The van der Waals surface area contributed by atoms with E-state index in [4.69, 9.17) is 5.73 Å². The van der Waals surface area contributed by atoms with E-state index in [1.165, 1.54) is 16.4 Å². The second kappa shape index (κ2) is 4.99. The first kappa shape index (κ1) is 13.5. The second-order valence-corrected chi connectivity index (χ2v) is 7.01. The second-order valence-electron chi connectivity index (χ2n) is 4.20. The smallest absolute Gasteiger partial charge is 0.243 e. The maximum Gasteiger partial charge on any atom is 0.243 e. The molecule has 1 aromatic carbocycles. The highest BCUT2D eigenvalue weighted by Gasteiger charge is 2.38. The Labute approximate surface area is 114 Å². The fraction of sp³-hybridized carbons (Fsp3) is 0.364. The molecule has 1 aromatic rings. The van der Waals surface area contributed by atoms with E-state index in [0.717, 1.165) is 17.3 Å². The highest BCUT2D eigenvalue weighted by Crippen LogP contribution is 2.31. The topological polar surface area (TPSA) is 80.5 Å². The van der Waals surface area contributed by atoms with Crippen LogP contribution in [0, 0.1) is 0 Å². The SMILES string of the molecule is NC(=O)CN(C1CC1)S(=O)(=O)c1ccc(Br)cc1. The number of carbonyl (C=O) groups is 1. The monoisotopic (exact) mass is 332 g/mol. The number of benzene rings is 1. The minimum Gasteiger partial charge on any atom is -0.369 e. The minimum absolute atomic E-state index is 0.0915. The summed E-state index contributed by atoms with van der Waals surface area (Å²) in [5.74, 6) is -0.636. The molecule has 2 rings (SSSR count). The van der Waals surface area contributed by atoms with Gasteiger partial charge in [0.05, 0.1) is 11.4 Å². The van der Waals surface area contributed by atoms with E-state index in [1.54, 1.807) is 12.1 Å². The van der Waals surface area contributed by atoms with Crippen molar-refractivity contribution >= 4 is 31.9 Å². The van der Waals surface area contributed by atoms with Crippen LogP contribution in [0.1, 0.15) is 12.8 Å². The van der Waals surface area contributed by atoms with Crippen LogP contribution >= 0.6 is 15.9 Å². The third kappa shape index (κ3) is 2.90. The van der Waals surface area contributed by atoms with Gasteiger partial charge in [-0.1, -0.05) is 15.9 Å². The highest BCUT2D eigenvalue weighted by atomic mass is 79.9. The fourth-order valence-corrected chi connectivity index (χ4v) is 3.58. The van der Waals surface area contributed by atoms with Gasteiger partial charge in [0.2, 0.25) is 15.9 Å². The summed E-state index contributed by atoms with van der Waals surface area (Å²) in [7, 11) is -3.64. The lowest BCUT2D eigenvalue weighted by Gasteiger charge is -2.20. The number of nitrogens with zero attached hydrogens (tertiary/aromatic N) is 1. The Bertz CT molecular complexity index is 552. The average Bonchev–Trinajstić information content (AvgIpc) is 3.10. The molecule has 5 nitrogen and oxygen atoms in total. The molecule has 7 heteroatoms. The van der Waals surface area contributed by atoms with Crippen molar-refractivity contribution in [3.8, 4) is 0 Å². The van der Waals surface area contributed by atoms with E-state index in [1.807, 2.05) is 0 Å². The van der Waals surface area contributed by atoms with Crippen LogP contribution in [0.5, 0.6) is 0 Å². The summed E-state index contributed by atoms with van der Waals surface area (Å²) in [4.78, 5) is 11.2. The average molecular weight is 333 g/mol. The largest absolute Gasteiger partial charge is 0.369 e. The standard InChI is InChI=1S/C11H13BrN2O3S/c12-8-1-5-10(6-2-8)18(16,17)14(7-11(13)15)9-3-4-9/h1-2,5-6,9H,3-4,7H2,(H2,13,15). The molecule has 1 amide bonds. The summed E-state index contributed by atoms with van der Waals surface area (Å²) in [5.41, 5.74) is 5.11. The lowest BCUT2D eigenvalue weighted by atomic mass is 10.4. The molecule has 1 saturated carbocycles. The van der Waals surface area contributed by atoms with Gasteiger partial charge in [-0.05, 0) is 37.1 Å². The van der Waals surface area contributed by atoms with Gasteiger partial charge >= 0.3 is 0 Å². The zero-order chi connectivity index (χ0) is 13.3. The molecule has 18 heavy (non-hydrogen) atoms. The van der Waals surface area contributed by atoms with Crippen molar-refractivity contribution in [1.29, 1.82) is 0 Å². The van der Waals surface area contributed by atoms with E-state index in [9.17, 15) is 13.2 Å². The molecule has 0 spiro atoms. The van der Waals surface area contributed by atoms with Crippen LogP contribution in [-0.4, -0.2) is 31.2 Å². The van der Waals surface area contributed by atoms with E-state index in [0.29, 0.717) is 0 Å². The van der Waals surface area contributed by atoms with E-state index in [-0.39, 0.29) is 17.5 Å². The molecule has 1 fully saturated rings. The molecule has 0 saturated heterocycles. The molecule has 98 valence electrons. The van der Waals surface area contributed by atoms with Gasteiger partial charge in [-0.3, -0.25) is 4.79 Å². The summed E-state index contributed by atoms with van der Waals surface area (Å²) >= 11 is 3.25. The first-order chi connectivity index (χ1) is 8.41. The highest BCUT2D eigenvalue weighted by molar-refractivity contribution is 9.10. The van der Waals surface area contributed by atoms with Gasteiger partial charge in [-0.2, -0.15) is 4.31 Å². The zero-order valence-corrected chi connectivity index (χ0v) is 11.9. The Kier molecular flexibility index (Phi) is 3.74. The maximum atomic E-state index is 12.4. The van der Waals surface area contributed by atoms with Gasteiger partial charge in [-0.15, -0.1) is 0 Å². The number of halogens is 1. The van der Waals surface area contributed by atoms with Crippen LogP contribution in [0.2, 0.25) is 0 Å². The molecule has 0 aliphatic heterocycles. The molecule has 0 radical (unpaired) electrons. The Balaban J connectivity index is 2.32. The first-order valence-corrected chi connectivity index (χ1v) is 7.70. The molecule has 1 aliphatic rings. The number of nitrogens with two attached hydrogens (primary N) is 1. The van der Waals surface area contributed by atoms with Crippen LogP contribution in [-0.2, 0) is 14.8 Å². The summed E-state index contributed by atoms with van der Waals surface area (Å²) < 4.78 is 26.7. The summed E-state index contributed by atoms with van der Waals surface area (Å²) in [6.45, 7) is -0.261. The van der Waals surface area contributed by atoms with Crippen molar-refractivity contribution in [1.82, 2.24) is 4.31 Å². The number of carbonyl (C=O) groups excluding carboxylic acids is 1. The minimum atomic E-state index is -3.64. The van der Waals surface area contributed by atoms with Gasteiger partial charge in [0.25, 0.3) is 0 Å². The lowest BCUT2D eigenvalue weighted by molar-refractivity contribution is -0.118. The lowest BCUT2D eigenvalue weighted by Crippen LogP contribution is -2.39. The number of hydrogen-bond acceptors (Lipinski definition) is 3. The Morgan fingerprint density at radius 1 is 1.33 bits per heavy atom. The van der Waals surface area contributed by atoms with Crippen LogP contribution in [0.4, 0.5) is 0 Å². The normalized spacial score (nSPS) is 15.9. The molecular formula is C11H13BrN2O3S. The van der Waals surface area contributed by atoms with Crippen molar-refractivity contribution in [3.63, 3.8) is 0 Å². The number of sulfonamides is 1. The van der Waals surface area contributed by atoms with Crippen molar-refractivity contribution in [2.75, 3.05) is 6.54 Å².